The van der Waals surface area contributed by atoms with Crippen molar-refractivity contribution >= 4 is 22.6 Å². The molecule has 0 bridgehead atoms. The van der Waals surface area contributed by atoms with Gasteiger partial charge in [-0.05, 0) is 38.0 Å². The summed E-state index contributed by atoms with van der Waals surface area (Å²) in [6.45, 7) is 2.93. The Morgan fingerprint density at radius 1 is 0.966 bits per heavy atom. The number of aromatic nitrogens is 2. The first-order valence-corrected chi connectivity index (χ1v) is 9.63. The lowest BCUT2D eigenvalue weighted by atomic mass is 10.1. The average molecular weight is 391 g/mol. The Morgan fingerprint density at radius 3 is 2.28 bits per heavy atom. The van der Waals surface area contributed by atoms with E-state index in [2.05, 4.69) is 5.10 Å². The van der Waals surface area contributed by atoms with E-state index < -0.39 is 12.1 Å². The maximum absolute atomic E-state index is 12.9. The number of esters is 1. The minimum atomic E-state index is -0.918. The van der Waals surface area contributed by atoms with Crippen molar-refractivity contribution in [3.05, 3.63) is 70.6 Å². The van der Waals surface area contributed by atoms with E-state index in [1.54, 1.807) is 60.4 Å². The molecule has 0 unspecified atom stereocenters. The second-order valence-electron chi connectivity index (χ2n) is 7.03. The van der Waals surface area contributed by atoms with Gasteiger partial charge in [0, 0.05) is 18.5 Å². The Hall–Kier alpha value is -3.48. The van der Waals surface area contributed by atoms with Gasteiger partial charge in [-0.3, -0.25) is 9.59 Å². The zero-order valence-corrected chi connectivity index (χ0v) is 16.1. The summed E-state index contributed by atoms with van der Waals surface area (Å²) in [6.07, 6.45) is 1.000. The van der Waals surface area contributed by atoms with Gasteiger partial charge in [0.05, 0.1) is 11.1 Å². The van der Waals surface area contributed by atoms with Crippen LogP contribution in [0.1, 0.15) is 30.3 Å². The molecule has 1 aromatic heterocycles. The van der Waals surface area contributed by atoms with E-state index >= 15 is 0 Å². The molecule has 2 aromatic carbocycles. The van der Waals surface area contributed by atoms with Crippen LogP contribution in [0.2, 0.25) is 0 Å². The summed E-state index contributed by atoms with van der Waals surface area (Å²) in [5.41, 5.74) is 0.216. The van der Waals surface area contributed by atoms with E-state index in [4.69, 9.17) is 4.74 Å². The monoisotopic (exact) mass is 391 g/mol. The van der Waals surface area contributed by atoms with E-state index in [9.17, 15) is 14.4 Å². The van der Waals surface area contributed by atoms with Crippen molar-refractivity contribution in [1.29, 1.82) is 0 Å². The number of nitrogens with zero attached hydrogens (tertiary/aromatic N) is 3. The van der Waals surface area contributed by atoms with Crippen molar-refractivity contribution in [3.8, 4) is 5.69 Å². The third-order valence-electron chi connectivity index (χ3n) is 5.05. The highest BCUT2D eigenvalue weighted by Gasteiger charge is 2.28. The molecular weight excluding hydrogens is 370 g/mol. The summed E-state index contributed by atoms with van der Waals surface area (Å²) in [5.74, 6) is -0.942. The van der Waals surface area contributed by atoms with Gasteiger partial charge in [0.25, 0.3) is 11.5 Å². The molecular formula is C22H21N3O4. The number of para-hydroxylation sites is 1. The molecule has 0 N–H and O–H groups in total. The van der Waals surface area contributed by atoms with Crippen LogP contribution in [0.4, 0.5) is 0 Å². The molecule has 29 heavy (non-hydrogen) atoms. The van der Waals surface area contributed by atoms with Gasteiger partial charge in [-0.2, -0.15) is 9.78 Å². The van der Waals surface area contributed by atoms with E-state index in [1.807, 2.05) is 6.07 Å². The van der Waals surface area contributed by atoms with Gasteiger partial charge >= 0.3 is 5.97 Å². The summed E-state index contributed by atoms with van der Waals surface area (Å²) in [7, 11) is 0. The molecule has 0 spiro atoms. The zero-order valence-electron chi connectivity index (χ0n) is 16.1. The van der Waals surface area contributed by atoms with Gasteiger partial charge in [-0.25, -0.2) is 4.79 Å². The number of likely N-dealkylation sites (tertiary alicyclic amines) is 1. The maximum atomic E-state index is 12.9. The summed E-state index contributed by atoms with van der Waals surface area (Å²) < 4.78 is 6.63. The van der Waals surface area contributed by atoms with Gasteiger partial charge in [-0.1, -0.05) is 36.4 Å². The quantitative estimate of drug-likeness (QED) is 0.639. The third kappa shape index (κ3) is 3.63. The second-order valence-corrected chi connectivity index (χ2v) is 7.03. The van der Waals surface area contributed by atoms with Crippen LogP contribution in [0.3, 0.4) is 0 Å². The molecule has 0 saturated carbocycles. The molecule has 7 nitrogen and oxygen atoms in total. The van der Waals surface area contributed by atoms with Crippen molar-refractivity contribution in [1.82, 2.24) is 14.7 Å². The minimum Gasteiger partial charge on any atom is -0.448 e. The fourth-order valence-corrected chi connectivity index (χ4v) is 3.55. The van der Waals surface area contributed by atoms with Crippen LogP contribution in [-0.4, -0.2) is 45.8 Å². The average Bonchev–Trinajstić information content (AvgIpc) is 3.29. The first kappa shape index (κ1) is 18.9. The van der Waals surface area contributed by atoms with Crippen molar-refractivity contribution in [2.75, 3.05) is 13.1 Å². The Kier molecular flexibility index (Phi) is 5.12. The Balaban J connectivity index is 1.72. The highest BCUT2D eigenvalue weighted by molar-refractivity contribution is 6.03. The lowest BCUT2D eigenvalue weighted by Gasteiger charge is -2.20. The normalized spacial score (nSPS) is 14.7. The SMILES string of the molecule is C[C@H](OC(=O)c1nn(-c2ccccc2)c(=O)c2ccccc12)C(=O)N1CCCC1. The largest absolute Gasteiger partial charge is 0.448 e. The second kappa shape index (κ2) is 7.87. The van der Waals surface area contributed by atoms with E-state index in [0.717, 1.165) is 12.8 Å². The molecule has 7 heteroatoms. The fourth-order valence-electron chi connectivity index (χ4n) is 3.55. The summed E-state index contributed by atoms with van der Waals surface area (Å²) >= 11 is 0. The van der Waals surface area contributed by atoms with Crippen LogP contribution in [0.15, 0.2) is 59.4 Å². The minimum absolute atomic E-state index is 0.00475. The standard InChI is InChI=1S/C22H21N3O4/c1-15(20(26)24-13-7-8-14-24)29-22(28)19-17-11-5-6-12-18(17)21(27)25(23-19)16-9-3-2-4-10-16/h2-6,9-12,15H,7-8,13-14H2,1H3/t15-/m0/s1. The number of amides is 1. The Morgan fingerprint density at radius 2 is 1.59 bits per heavy atom. The first-order chi connectivity index (χ1) is 14.1. The molecule has 1 aliphatic rings. The van der Waals surface area contributed by atoms with Crippen molar-refractivity contribution in [2.24, 2.45) is 0 Å². The van der Waals surface area contributed by atoms with Crippen LogP contribution >= 0.6 is 0 Å². The topological polar surface area (TPSA) is 81.5 Å². The van der Waals surface area contributed by atoms with Gasteiger partial charge in [0.15, 0.2) is 11.8 Å². The van der Waals surface area contributed by atoms with Gasteiger partial charge in [-0.15, -0.1) is 0 Å². The first-order valence-electron chi connectivity index (χ1n) is 9.63. The van der Waals surface area contributed by atoms with E-state index in [0.29, 0.717) is 29.5 Å². The molecule has 148 valence electrons. The number of ether oxygens (including phenoxy) is 1. The van der Waals surface area contributed by atoms with Crippen molar-refractivity contribution < 1.29 is 14.3 Å². The number of rotatable bonds is 4. The van der Waals surface area contributed by atoms with Gasteiger partial charge < -0.3 is 9.64 Å². The van der Waals surface area contributed by atoms with Crippen LogP contribution in [0.5, 0.6) is 0 Å². The van der Waals surface area contributed by atoms with Crippen molar-refractivity contribution in [3.63, 3.8) is 0 Å². The molecule has 3 aromatic rings. The fraction of sp³-hybridized carbons (Fsp3) is 0.273. The molecule has 1 aliphatic heterocycles. The summed E-state index contributed by atoms with van der Waals surface area (Å²) in [5, 5.41) is 5.04. The molecule has 2 heterocycles. The predicted octanol–water partition coefficient (Wildman–Crippen LogP) is 2.55. The van der Waals surface area contributed by atoms with E-state index in [-0.39, 0.29) is 17.2 Å². The molecule has 0 radical (unpaired) electrons. The zero-order chi connectivity index (χ0) is 20.4. The van der Waals surface area contributed by atoms with Crippen LogP contribution in [0.25, 0.3) is 16.5 Å². The number of hydrogen-bond acceptors (Lipinski definition) is 5. The lowest BCUT2D eigenvalue weighted by molar-refractivity contribution is -0.138. The smallest absolute Gasteiger partial charge is 0.360 e. The number of benzene rings is 2. The number of carbonyl (C=O) groups excluding carboxylic acids is 2. The highest BCUT2D eigenvalue weighted by atomic mass is 16.5. The molecule has 4 rings (SSSR count). The highest BCUT2D eigenvalue weighted by Crippen LogP contribution is 2.18. The van der Waals surface area contributed by atoms with Gasteiger partial charge in [0.1, 0.15) is 0 Å². The lowest BCUT2D eigenvalue weighted by Crippen LogP contribution is -2.38. The maximum Gasteiger partial charge on any atom is 0.360 e. The number of fused-ring (bicyclic) bond motifs is 1. The molecule has 1 saturated heterocycles. The molecule has 1 fully saturated rings. The van der Waals surface area contributed by atoms with Crippen molar-refractivity contribution in [2.45, 2.75) is 25.9 Å². The van der Waals surface area contributed by atoms with E-state index in [1.165, 1.54) is 4.68 Å². The number of carbonyl (C=O) groups is 2. The Labute approximate surface area is 167 Å². The van der Waals surface area contributed by atoms with Crippen LogP contribution in [0, 0.1) is 0 Å². The Bertz CT molecular complexity index is 1120. The third-order valence-corrected chi connectivity index (χ3v) is 5.05. The predicted molar refractivity (Wildman–Crippen MR) is 108 cm³/mol. The summed E-state index contributed by atoms with van der Waals surface area (Å²) in [4.78, 5) is 40.0. The van der Waals surface area contributed by atoms with Crippen LogP contribution in [-0.2, 0) is 9.53 Å². The van der Waals surface area contributed by atoms with Gasteiger partial charge in [0.2, 0.25) is 0 Å². The molecule has 1 amide bonds. The molecule has 1 atom stereocenters. The molecule has 0 aliphatic carbocycles. The number of hydrogen-bond donors (Lipinski definition) is 0. The van der Waals surface area contributed by atoms with Crippen LogP contribution < -0.4 is 5.56 Å². The summed E-state index contributed by atoms with van der Waals surface area (Å²) in [6, 6.07) is 15.6.